The third-order valence-electron chi connectivity index (χ3n) is 4.55. The topological polar surface area (TPSA) is 34.9 Å². The van der Waals surface area contributed by atoms with Crippen LogP contribution in [0.2, 0.25) is 5.02 Å². The second-order valence-electron chi connectivity index (χ2n) is 6.67. The van der Waals surface area contributed by atoms with Gasteiger partial charge in [-0.15, -0.1) is 0 Å². The number of carbonyl (C=O) groups is 1. The first-order valence-electron chi connectivity index (χ1n) is 9.48. The van der Waals surface area contributed by atoms with Crippen LogP contribution in [0.1, 0.15) is 21.6 Å². The monoisotopic (exact) mass is 430 g/mol. The molecule has 148 valence electrons. The summed E-state index contributed by atoms with van der Waals surface area (Å²) >= 11 is 7.55. The number of rotatable bonds is 6. The van der Waals surface area contributed by atoms with E-state index in [1.807, 2.05) is 66.2 Å². The summed E-state index contributed by atoms with van der Waals surface area (Å²) in [6.07, 6.45) is 3.45. The van der Waals surface area contributed by atoms with Crippen molar-refractivity contribution in [2.24, 2.45) is 0 Å². The number of benzene rings is 3. The minimum absolute atomic E-state index is 0.0748. The SMILES string of the molecule is Cc1nn(-c2ccccc2)c(Sc2ccccc2)c1/C=C/C(=O)c1ccc(Cl)cc1. The Morgan fingerprint density at radius 2 is 1.57 bits per heavy atom. The molecule has 3 nitrogen and oxygen atoms in total. The minimum Gasteiger partial charge on any atom is -0.289 e. The first-order chi connectivity index (χ1) is 14.6. The standard InChI is InChI=1S/C25H19ClN2OS/c1-18-23(16-17-24(29)19-12-14-20(26)15-13-19)25(30-22-10-6-3-7-11-22)28(27-18)21-8-4-2-5-9-21/h2-17H,1H3/b17-16+. The van der Waals surface area contributed by atoms with Crippen molar-refractivity contribution < 1.29 is 4.79 Å². The van der Waals surface area contributed by atoms with Crippen LogP contribution in [-0.2, 0) is 0 Å². The van der Waals surface area contributed by atoms with Crippen LogP contribution in [0, 0.1) is 6.92 Å². The Morgan fingerprint density at radius 3 is 2.23 bits per heavy atom. The quantitative estimate of drug-likeness (QED) is 0.247. The first-order valence-corrected chi connectivity index (χ1v) is 10.7. The molecule has 3 aromatic carbocycles. The molecule has 0 saturated heterocycles. The second kappa shape index (κ2) is 9.16. The van der Waals surface area contributed by atoms with Gasteiger partial charge in [0.2, 0.25) is 0 Å². The molecule has 0 bridgehead atoms. The summed E-state index contributed by atoms with van der Waals surface area (Å²) in [4.78, 5) is 13.7. The molecule has 30 heavy (non-hydrogen) atoms. The fourth-order valence-electron chi connectivity index (χ4n) is 3.02. The zero-order valence-corrected chi connectivity index (χ0v) is 17.9. The van der Waals surface area contributed by atoms with E-state index in [4.69, 9.17) is 16.7 Å². The van der Waals surface area contributed by atoms with E-state index >= 15 is 0 Å². The molecule has 0 aliphatic heterocycles. The van der Waals surface area contributed by atoms with Crippen molar-refractivity contribution in [1.29, 1.82) is 0 Å². The number of hydrogen-bond donors (Lipinski definition) is 0. The minimum atomic E-state index is -0.0748. The average Bonchev–Trinajstić information content (AvgIpc) is 3.09. The van der Waals surface area contributed by atoms with Crippen molar-refractivity contribution >= 4 is 35.2 Å². The lowest BCUT2D eigenvalue weighted by Gasteiger charge is -2.08. The molecule has 0 amide bonds. The van der Waals surface area contributed by atoms with E-state index in [0.29, 0.717) is 10.6 Å². The molecular formula is C25H19ClN2OS. The van der Waals surface area contributed by atoms with E-state index in [9.17, 15) is 4.79 Å². The highest BCUT2D eigenvalue weighted by atomic mass is 35.5. The van der Waals surface area contributed by atoms with Crippen molar-refractivity contribution in [2.45, 2.75) is 16.8 Å². The molecule has 4 aromatic rings. The van der Waals surface area contributed by atoms with Crippen LogP contribution in [0.25, 0.3) is 11.8 Å². The maximum atomic E-state index is 12.6. The van der Waals surface area contributed by atoms with Crippen molar-refractivity contribution in [3.05, 3.63) is 113 Å². The van der Waals surface area contributed by atoms with Crippen LogP contribution >= 0.6 is 23.4 Å². The van der Waals surface area contributed by atoms with E-state index in [1.165, 1.54) is 0 Å². The number of carbonyl (C=O) groups excluding carboxylic acids is 1. The highest BCUT2D eigenvalue weighted by Crippen LogP contribution is 2.34. The van der Waals surface area contributed by atoms with E-state index < -0.39 is 0 Å². The third kappa shape index (κ3) is 4.56. The number of aromatic nitrogens is 2. The molecular weight excluding hydrogens is 412 g/mol. The highest BCUT2D eigenvalue weighted by molar-refractivity contribution is 7.99. The van der Waals surface area contributed by atoms with Crippen LogP contribution in [0.4, 0.5) is 0 Å². The summed E-state index contributed by atoms with van der Waals surface area (Å²) in [5.74, 6) is -0.0748. The number of aryl methyl sites for hydroxylation is 1. The van der Waals surface area contributed by atoms with Gasteiger partial charge in [0.25, 0.3) is 0 Å². The fraction of sp³-hybridized carbons (Fsp3) is 0.0400. The summed E-state index contributed by atoms with van der Waals surface area (Å²) in [5.41, 5.74) is 3.36. The molecule has 0 unspecified atom stereocenters. The fourth-order valence-corrected chi connectivity index (χ4v) is 4.22. The summed E-state index contributed by atoms with van der Waals surface area (Å²) in [5, 5.41) is 6.33. The Hall–Kier alpha value is -3.08. The van der Waals surface area contributed by atoms with Gasteiger partial charge in [0.05, 0.1) is 11.4 Å². The van der Waals surface area contributed by atoms with Gasteiger partial charge in [0, 0.05) is 21.0 Å². The predicted molar refractivity (Wildman–Crippen MR) is 124 cm³/mol. The van der Waals surface area contributed by atoms with Gasteiger partial charge < -0.3 is 0 Å². The number of allylic oxidation sites excluding steroid dienone is 1. The Morgan fingerprint density at radius 1 is 0.933 bits per heavy atom. The Kier molecular flexibility index (Phi) is 6.17. The van der Waals surface area contributed by atoms with Gasteiger partial charge in [-0.3, -0.25) is 4.79 Å². The molecule has 0 aliphatic carbocycles. The van der Waals surface area contributed by atoms with Crippen LogP contribution in [-0.4, -0.2) is 15.6 Å². The summed E-state index contributed by atoms with van der Waals surface area (Å²) in [7, 11) is 0. The van der Waals surface area contributed by atoms with Gasteiger partial charge in [-0.2, -0.15) is 5.10 Å². The van der Waals surface area contributed by atoms with Crippen molar-refractivity contribution in [2.75, 3.05) is 0 Å². The zero-order chi connectivity index (χ0) is 20.9. The number of para-hydroxylation sites is 1. The van der Waals surface area contributed by atoms with Crippen LogP contribution in [0.15, 0.2) is 101 Å². The lowest BCUT2D eigenvalue weighted by molar-refractivity contribution is 0.104. The molecule has 0 fully saturated rings. The van der Waals surface area contributed by atoms with Crippen molar-refractivity contribution in [1.82, 2.24) is 9.78 Å². The molecule has 0 atom stereocenters. The Balaban J connectivity index is 1.74. The lowest BCUT2D eigenvalue weighted by atomic mass is 10.1. The number of halogens is 1. The van der Waals surface area contributed by atoms with Crippen molar-refractivity contribution in [3.8, 4) is 5.69 Å². The lowest BCUT2D eigenvalue weighted by Crippen LogP contribution is -1.98. The molecule has 0 radical (unpaired) electrons. The Bertz CT molecular complexity index is 1180. The summed E-state index contributed by atoms with van der Waals surface area (Å²) < 4.78 is 1.93. The Labute approximate surface area is 185 Å². The molecule has 0 aliphatic rings. The molecule has 0 N–H and O–H groups in total. The zero-order valence-electron chi connectivity index (χ0n) is 16.3. The van der Waals surface area contributed by atoms with Gasteiger partial charge in [0.1, 0.15) is 5.03 Å². The molecule has 0 saturated carbocycles. The average molecular weight is 431 g/mol. The normalized spacial score (nSPS) is 11.1. The first kappa shape index (κ1) is 20.2. The number of nitrogens with zero attached hydrogens (tertiary/aromatic N) is 2. The molecule has 5 heteroatoms. The maximum absolute atomic E-state index is 12.6. The van der Waals surface area contributed by atoms with Gasteiger partial charge in [-0.05, 0) is 67.6 Å². The largest absolute Gasteiger partial charge is 0.289 e. The second-order valence-corrected chi connectivity index (χ2v) is 8.17. The van der Waals surface area contributed by atoms with E-state index in [-0.39, 0.29) is 5.78 Å². The van der Waals surface area contributed by atoms with Gasteiger partial charge >= 0.3 is 0 Å². The smallest absolute Gasteiger partial charge is 0.185 e. The number of ketones is 1. The van der Waals surface area contributed by atoms with Gasteiger partial charge in [-0.1, -0.05) is 59.8 Å². The molecule has 1 aromatic heterocycles. The van der Waals surface area contributed by atoms with Gasteiger partial charge in [-0.25, -0.2) is 4.68 Å². The number of hydrogen-bond acceptors (Lipinski definition) is 3. The van der Waals surface area contributed by atoms with Gasteiger partial charge in [0.15, 0.2) is 5.78 Å². The third-order valence-corrected chi connectivity index (χ3v) is 5.90. The molecule has 4 rings (SSSR count). The summed E-state index contributed by atoms with van der Waals surface area (Å²) in [6, 6.07) is 27.1. The maximum Gasteiger partial charge on any atom is 0.185 e. The van der Waals surface area contributed by atoms with Crippen LogP contribution < -0.4 is 0 Å². The van der Waals surface area contributed by atoms with Crippen molar-refractivity contribution in [3.63, 3.8) is 0 Å². The highest BCUT2D eigenvalue weighted by Gasteiger charge is 2.16. The summed E-state index contributed by atoms with van der Waals surface area (Å²) in [6.45, 7) is 1.96. The molecule has 1 heterocycles. The van der Waals surface area contributed by atoms with E-state index in [1.54, 1.807) is 42.1 Å². The van der Waals surface area contributed by atoms with E-state index in [2.05, 4.69) is 12.1 Å². The van der Waals surface area contributed by atoms with Crippen LogP contribution in [0.5, 0.6) is 0 Å². The van der Waals surface area contributed by atoms with E-state index in [0.717, 1.165) is 26.9 Å². The predicted octanol–water partition coefficient (Wildman–Crippen LogP) is 6.88. The molecule has 0 spiro atoms. The van der Waals surface area contributed by atoms with Crippen LogP contribution in [0.3, 0.4) is 0 Å².